The SMILES string of the molecule is CCCN(CCC)C(C(=O)OC)c1c[nH]c2ccccc12. The fourth-order valence-corrected chi connectivity index (χ4v) is 2.85. The number of nitrogens with zero attached hydrogens (tertiary/aromatic N) is 1. The third-order valence-corrected chi connectivity index (χ3v) is 3.73. The summed E-state index contributed by atoms with van der Waals surface area (Å²) in [6, 6.07) is 7.72. The van der Waals surface area contributed by atoms with Crippen molar-refractivity contribution in [1.29, 1.82) is 0 Å². The number of aromatic amines is 1. The topological polar surface area (TPSA) is 45.3 Å². The van der Waals surface area contributed by atoms with Gasteiger partial charge in [0.2, 0.25) is 0 Å². The van der Waals surface area contributed by atoms with Gasteiger partial charge in [-0.05, 0) is 32.0 Å². The van der Waals surface area contributed by atoms with E-state index >= 15 is 0 Å². The number of para-hydroxylation sites is 1. The average molecular weight is 288 g/mol. The van der Waals surface area contributed by atoms with Crippen LogP contribution in [0.4, 0.5) is 0 Å². The second kappa shape index (κ2) is 7.27. The van der Waals surface area contributed by atoms with E-state index in [9.17, 15) is 4.79 Å². The van der Waals surface area contributed by atoms with Crippen molar-refractivity contribution in [2.75, 3.05) is 20.2 Å². The zero-order valence-electron chi connectivity index (χ0n) is 13.1. The van der Waals surface area contributed by atoms with Crippen LogP contribution < -0.4 is 0 Å². The molecule has 0 bridgehead atoms. The van der Waals surface area contributed by atoms with Crippen LogP contribution in [0.15, 0.2) is 30.5 Å². The van der Waals surface area contributed by atoms with Crippen LogP contribution in [0.5, 0.6) is 0 Å². The van der Waals surface area contributed by atoms with Crippen molar-refractivity contribution in [3.63, 3.8) is 0 Å². The first-order valence-electron chi connectivity index (χ1n) is 7.60. The number of H-pyrrole nitrogens is 1. The minimum Gasteiger partial charge on any atom is -0.468 e. The highest BCUT2D eigenvalue weighted by molar-refractivity contribution is 5.89. The fraction of sp³-hybridized carbons (Fsp3) is 0.471. The summed E-state index contributed by atoms with van der Waals surface area (Å²) in [4.78, 5) is 17.8. The Morgan fingerprint density at radius 3 is 2.52 bits per heavy atom. The second-order valence-corrected chi connectivity index (χ2v) is 5.25. The van der Waals surface area contributed by atoms with Gasteiger partial charge in [-0.2, -0.15) is 0 Å². The molecule has 1 N–H and O–H groups in total. The summed E-state index contributed by atoms with van der Waals surface area (Å²) >= 11 is 0. The van der Waals surface area contributed by atoms with Crippen LogP contribution in [0, 0.1) is 0 Å². The number of fused-ring (bicyclic) bond motifs is 1. The molecule has 114 valence electrons. The zero-order valence-corrected chi connectivity index (χ0v) is 13.1. The number of carbonyl (C=O) groups is 1. The Bertz CT molecular complexity index is 585. The molecule has 0 radical (unpaired) electrons. The van der Waals surface area contributed by atoms with Gasteiger partial charge in [-0.25, -0.2) is 4.79 Å². The predicted molar refractivity (Wildman–Crippen MR) is 85.2 cm³/mol. The Morgan fingerprint density at radius 1 is 1.24 bits per heavy atom. The summed E-state index contributed by atoms with van der Waals surface area (Å²) in [5.41, 5.74) is 2.05. The molecule has 4 nitrogen and oxygen atoms in total. The molecule has 1 aromatic carbocycles. The first-order chi connectivity index (χ1) is 10.2. The Labute approximate surface area is 126 Å². The van der Waals surface area contributed by atoms with Crippen molar-refractivity contribution in [2.24, 2.45) is 0 Å². The van der Waals surface area contributed by atoms with Gasteiger partial charge in [0.25, 0.3) is 0 Å². The van der Waals surface area contributed by atoms with Gasteiger partial charge in [-0.1, -0.05) is 32.0 Å². The molecular weight excluding hydrogens is 264 g/mol. The largest absolute Gasteiger partial charge is 0.468 e. The maximum atomic E-state index is 12.4. The Morgan fingerprint density at radius 2 is 1.90 bits per heavy atom. The summed E-state index contributed by atoms with van der Waals surface area (Å²) in [5.74, 6) is -0.193. The molecule has 0 spiro atoms. The monoisotopic (exact) mass is 288 g/mol. The van der Waals surface area contributed by atoms with Gasteiger partial charge in [-0.15, -0.1) is 0 Å². The van der Waals surface area contributed by atoms with Gasteiger partial charge in [0.1, 0.15) is 6.04 Å². The van der Waals surface area contributed by atoms with Gasteiger partial charge in [0.05, 0.1) is 7.11 Å². The van der Waals surface area contributed by atoms with Crippen LogP contribution in [-0.4, -0.2) is 36.1 Å². The quantitative estimate of drug-likeness (QED) is 0.793. The molecule has 0 saturated heterocycles. The van der Waals surface area contributed by atoms with Crippen LogP contribution in [0.3, 0.4) is 0 Å². The summed E-state index contributed by atoms with van der Waals surface area (Å²) in [6.07, 6.45) is 3.95. The molecule has 1 unspecified atom stereocenters. The molecule has 21 heavy (non-hydrogen) atoms. The van der Waals surface area contributed by atoms with Crippen molar-refractivity contribution in [3.05, 3.63) is 36.0 Å². The van der Waals surface area contributed by atoms with Gasteiger partial charge in [0, 0.05) is 22.7 Å². The predicted octanol–water partition coefficient (Wildman–Crippen LogP) is 3.50. The number of benzene rings is 1. The molecule has 4 heteroatoms. The lowest BCUT2D eigenvalue weighted by Gasteiger charge is -2.29. The summed E-state index contributed by atoms with van der Waals surface area (Å²) in [7, 11) is 1.46. The molecule has 0 amide bonds. The lowest BCUT2D eigenvalue weighted by Crippen LogP contribution is -2.36. The Hall–Kier alpha value is -1.81. The number of esters is 1. The average Bonchev–Trinajstić information content (AvgIpc) is 2.92. The van der Waals surface area contributed by atoms with E-state index in [0.29, 0.717) is 0 Å². The van der Waals surface area contributed by atoms with Crippen LogP contribution in [-0.2, 0) is 9.53 Å². The maximum Gasteiger partial charge on any atom is 0.327 e. The molecule has 2 rings (SSSR count). The molecule has 1 aromatic heterocycles. The molecule has 0 fully saturated rings. The van der Waals surface area contributed by atoms with Gasteiger partial charge >= 0.3 is 5.97 Å². The first-order valence-corrected chi connectivity index (χ1v) is 7.60. The molecule has 0 aliphatic heterocycles. The highest BCUT2D eigenvalue weighted by Gasteiger charge is 2.29. The van der Waals surface area contributed by atoms with E-state index in [1.165, 1.54) is 7.11 Å². The van der Waals surface area contributed by atoms with Gasteiger partial charge in [-0.3, -0.25) is 4.90 Å². The van der Waals surface area contributed by atoms with Crippen LogP contribution in [0.25, 0.3) is 10.9 Å². The smallest absolute Gasteiger partial charge is 0.327 e. The number of aromatic nitrogens is 1. The number of rotatable bonds is 7. The minimum atomic E-state index is -0.342. The highest BCUT2D eigenvalue weighted by atomic mass is 16.5. The first kappa shape index (κ1) is 15.6. The number of ether oxygens (including phenoxy) is 1. The van der Waals surface area contributed by atoms with E-state index in [-0.39, 0.29) is 12.0 Å². The normalized spacial score (nSPS) is 12.8. The van der Waals surface area contributed by atoms with E-state index in [4.69, 9.17) is 4.74 Å². The number of hydrogen-bond donors (Lipinski definition) is 1. The number of hydrogen-bond acceptors (Lipinski definition) is 3. The van der Waals surface area contributed by atoms with E-state index in [1.54, 1.807) is 0 Å². The van der Waals surface area contributed by atoms with E-state index in [2.05, 4.69) is 23.7 Å². The van der Waals surface area contributed by atoms with Gasteiger partial charge < -0.3 is 9.72 Å². The molecule has 1 heterocycles. The van der Waals surface area contributed by atoms with Crippen molar-refractivity contribution >= 4 is 16.9 Å². The molecule has 1 atom stereocenters. The van der Waals surface area contributed by atoms with Gasteiger partial charge in [0.15, 0.2) is 0 Å². The summed E-state index contributed by atoms with van der Waals surface area (Å²) < 4.78 is 5.06. The number of nitrogens with one attached hydrogen (secondary N) is 1. The third-order valence-electron chi connectivity index (χ3n) is 3.73. The highest BCUT2D eigenvalue weighted by Crippen LogP contribution is 2.29. The molecule has 0 aliphatic carbocycles. The van der Waals surface area contributed by atoms with Crippen molar-refractivity contribution in [1.82, 2.24) is 9.88 Å². The van der Waals surface area contributed by atoms with E-state index in [0.717, 1.165) is 42.4 Å². The number of methoxy groups -OCH3 is 1. The van der Waals surface area contributed by atoms with Crippen LogP contribution in [0.2, 0.25) is 0 Å². The molecular formula is C17H24N2O2. The summed E-state index contributed by atoms with van der Waals surface area (Å²) in [6.45, 7) is 6.03. The van der Waals surface area contributed by atoms with Crippen LogP contribution >= 0.6 is 0 Å². The molecule has 0 saturated carbocycles. The Balaban J connectivity index is 2.46. The second-order valence-electron chi connectivity index (χ2n) is 5.25. The van der Waals surface area contributed by atoms with Crippen molar-refractivity contribution in [2.45, 2.75) is 32.7 Å². The molecule has 2 aromatic rings. The van der Waals surface area contributed by atoms with Crippen molar-refractivity contribution in [3.8, 4) is 0 Å². The zero-order chi connectivity index (χ0) is 15.2. The third kappa shape index (κ3) is 3.27. The van der Waals surface area contributed by atoms with E-state index < -0.39 is 0 Å². The number of carbonyl (C=O) groups excluding carboxylic acids is 1. The lowest BCUT2D eigenvalue weighted by molar-refractivity contribution is -0.147. The summed E-state index contributed by atoms with van der Waals surface area (Å²) in [5, 5.41) is 1.09. The van der Waals surface area contributed by atoms with Crippen molar-refractivity contribution < 1.29 is 9.53 Å². The lowest BCUT2D eigenvalue weighted by atomic mass is 10.0. The minimum absolute atomic E-state index is 0.193. The van der Waals surface area contributed by atoms with Crippen LogP contribution in [0.1, 0.15) is 38.3 Å². The molecule has 0 aliphatic rings. The van der Waals surface area contributed by atoms with E-state index in [1.807, 2.05) is 30.5 Å². The maximum absolute atomic E-state index is 12.4. The fourth-order valence-electron chi connectivity index (χ4n) is 2.85. The standard InChI is InChI=1S/C17H24N2O2/c1-4-10-19(11-5-2)16(17(20)21-3)14-12-18-15-9-7-6-8-13(14)15/h6-9,12,16,18H,4-5,10-11H2,1-3H3. The Kier molecular flexibility index (Phi) is 5.39.